The van der Waals surface area contributed by atoms with Crippen LogP contribution >= 0.6 is 0 Å². The SMILES string of the molecule is CCCCOc1c(CN)n(CC(C)(C)C)c(=O)c2cc(C)ccc12. The van der Waals surface area contributed by atoms with E-state index in [1.807, 2.05) is 29.7 Å². The third kappa shape index (κ3) is 3.99. The van der Waals surface area contributed by atoms with Gasteiger partial charge >= 0.3 is 0 Å². The Morgan fingerprint density at radius 1 is 1.21 bits per heavy atom. The molecule has 4 heteroatoms. The van der Waals surface area contributed by atoms with Gasteiger partial charge in [-0.1, -0.05) is 51.8 Å². The van der Waals surface area contributed by atoms with Gasteiger partial charge in [-0.2, -0.15) is 0 Å². The van der Waals surface area contributed by atoms with E-state index in [0.29, 0.717) is 18.5 Å². The zero-order valence-electron chi connectivity index (χ0n) is 15.6. The Hall–Kier alpha value is -1.81. The highest BCUT2D eigenvalue weighted by Crippen LogP contribution is 2.30. The first-order valence-electron chi connectivity index (χ1n) is 8.77. The fourth-order valence-electron chi connectivity index (χ4n) is 2.90. The van der Waals surface area contributed by atoms with Crippen molar-refractivity contribution in [3.63, 3.8) is 0 Å². The van der Waals surface area contributed by atoms with Crippen molar-refractivity contribution < 1.29 is 4.74 Å². The molecular weight excluding hydrogens is 300 g/mol. The van der Waals surface area contributed by atoms with E-state index in [2.05, 4.69) is 27.7 Å². The number of nitrogens with zero attached hydrogens (tertiary/aromatic N) is 1. The second-order valence-electron chi connectivity index (χ2n) is 7.68. The lowest BCUT2D eigenvalue weighted by atomic mass is 9.96. The Bertz CT molecular complexity index is 770. The molecule has 0 aliphatic rings. The first kappa shape index (κ1) is 18.5. The van der Waals surface area contributed by atoms with E-state index in [4.69, 9.17) is 10.5 Å². The zero-order valence-corrected chi connectivity index (χ0v) is 15.6. The maximum absolute atomic E-state index is 13.1. The predicted molar refractivity (Wildman–Crippen MR) is 101 cm³/mol. The van der Waals surface area contributed by atoms with E-state index in [1.54, 1.807) is 0 Å². The van der Waals surface area contributed by atoms with Crippen molar-refractivity contribution in [2.24, 2.45) is 11.1 Å². The summed E-state index contributed by atoms with van der Waals surface area (Å²) in [6.45, 7) is 12.0. The molecule has 0 unspecified atom stereocenters. The Labute approximate surface area is 144 Å². The van der Waals surface area contributed by atoms with Crippen molar-refractivity contribution in [2.75, 3.05) is 6.61 Å². The molecule has 0 fully saturated rings. The van der Waals surface area contributed by atoms with Gasteiger partial charge in [0.15, 0.2) is 0 Å². The molecule has 0 radical (unpaired) electrons. The third-order valence-corrected chi connectivity index (χ3v) is 4.05. The number of aromatic nitrogens is 1. The van der Waals surface area contributed by atoms with Crippen molar-refractivity contribution in [2.45, 2.75) is 60.5 Å². The van der Waals surface area contributed by atoms with Gasteiger partial charge < -0.3 is 15.0 Å². The van der Waals surface area contributed by atoms with E-state index < -0.39 is 0 Å². The average molecular weight is 330 g/mol. The summed E-state index contributed by atoms with van der Waals surface area (Å²) < 4.78 is 7.90. The lowest BCUT2D eigenvalue weighted by Crippen LogP contribution is -2.31. The third-order valence-electron chi connectivity index (χ3n) is 4.05. The molecule has 0 spiro atoms. The molecule has 0 bridgehead atoms. The van der Waals surface area contributed by atoms with Gasteiger partial charge in [-0.25, -0.2) is 0 Å². The topological polar surface area (TPSA) is 57.2 Å². The number of benzene rings is 1. The number of unbranched alkanes of at least 4 members (excludes halogenated alkanes) is 1. The van der Waals surface area contributed by atoms with Gasteiger partial charge in [0.25, 0.3) is 5.56 Å². The van der Waals surface area contributed by atoms with Crippen LogP contribution in [0.15, 0.2) is 23.0 Å². The summed E-state index contributed by atoms with van der Waals surface area (Å²) in [7, 11) is 0. The molecular formula is C20H30N2O2. The quantitative estimate of drug-likeness (QED) is 0.815. The van der Waals surface area contributed by atoms with E-state index >= 15 is 0 Å². The van der Waals surface area contributed by atoms with E-state index in [9.17, 15) is 4.79 Å². The maximum atomic E-state index is 13.1. The Morgan fingerprint density at radius 3 is 2.50 bits per heavy atom. The van der Waals surface area contributed by atoms with E-state index in [0.717, 1.165) is 35.2 Å². The molecule has 132 valence electrons. The molecule has 0 amide bonds. The molecule has 0 aliphatic carbocycles. The smallest absolute Gasteiger partial charge is 0.258 e. The monoisotopic (exact) mass is 330 g/mol. The summed E-state index contributed by atoms with van der Waals surface area (Å²) in [4.78, 5) is 13.1. The minimum atomic E-state index is -0.0219. The average Bonchev–Trinajstić information content (AvgIpc) is 2.50. The number of ether oxygens (including phenoxy) is 1. The zero-order chi connectivity index (χ0) is 17.9. The lowest BCUT2D eigenvalue weighted by Gasteiger charge is -2.25. The number of pyridine rings is 1. The summed E-state index contributed by atoms with van der Waals surface area (Å²) >= 11 is 0. The second kappa shape index (κ2) is 7.39. The van der Waals surface area contributed by atoms with Gasteiger partial charge in [0.2, 0.25) is 0 Å². The fraction of sp³-hybridized carbons (Fsp3) is 0.550. The highest BCUT2D eigenvalue weighted by Gasteiger charge is 2.21. The van der Waals surface area contributed by atoms with E-state index in [1.165, 1.54) is 0 Å². The standard InChI is InChI=1S/C20H30N2O2/c1-6-7-10-24-18-15-9-8-14(2)11-16(15)19(23)22(17(18)12-21)13-20(3,4)5/h8-9,11H,6-7,10,12-13,21H2,1-5H3. The molecule has 2 aromatic rings. The van der Waals surface area contributed by atoms with Crippen LogP contribution < -0.4 is 16.0 Å². The van der Waals surface area contributed by atoms with E-state index in [-0.39, 0.29) is 17.5 Å². The molecule has 1 aromatic heterocycles. The lowest BCUT2D eigenvalue weighted by molar-refractivity contribution is 0.295. The summed E-state index contributed by atoms with van der Waals surface area (Å²) in [6.07, 6.45) is 2.05. The van der Waals surface area contributed by atoms with Crippen LogP contribution in [0.1, 0.15) is 51.8 Å². The van der Waals surface area contributed by atoms with Crippen molar-refractivity contribution in [3.8, 4) is 5.75 Å². The molecule has 0 saturated carbocycles. The minimum Gasteiger partial charge on any atom is -0.491 e. The summed E-state index contributed by atoms with van der Waals surface area (Å²) in [6, 6.07) is 5.95. The Balaban J connectivity index is 2.74. The number of hydrogen-bond donors (Lipinski definition) is 1. The molecule has 2 N–H and O–H groups in total. The summed E-state index contributed by atoms with van der Waals surface area (Å²) in [5.74, 6) is 0.768. The first-order valence-corrected chi connectivity index (χ1v) is 8.77. The van der Waals surface area contributed by atoms with Crippen LogP contribution in [-0.2, 0) is 13.1 Å². The number of rotatable bonds is 6. The summed E-state index contributed by atoms with van der Waals surface area (Å²) in [5, 5.41) is 1.58. The van der Waals surface area contributed by atoms with Gasteiger partial charge in [-0.05, 0) is 24.8 Å². The number of hydrogen-bond acceptors (Lipinski definition) is 3. The maximum Gasteiger partial charge on any atom is 0.258 e. The minimum absolute atomic E-state index is 0.0203. The number of nitrogens with two attached hydrogens (primary N) is 1. The van der Waals surface area contributed by atoms with Gasteiger partial charge in [-0.3, -0.25) is 4.79 Å². The van der Waals surface area contributed by atoms with Gasteiger partial charge in [-0.15, -0.1) is 0 Å². The summed E-state index contributed by atoms with van der Waals surface area (Å²) in [5.41, 5.74) is 7.89. The largest absolute Gasteiger partial charge is 0.491 e. The van der Waals surface area contributed by atoms with Gasteiger partial charge in [0.1, 0.15) is 5.75 Å². The first-order chi connectivity index (χ1) is 11.3. The molecule has 1 aromatic carbocycles. The molecule has 2 rings (SSSR count). The molecule has 0 atom stereocenters. The number of fused-ring (bicyclic) bond motifs is 1. The fourth-order valence-corrected chi connectivity index (χ4v) is 2.90. The van der Waals surface area contributed by atoms with Crippen LogP contribution in [0.5, 0.6) is 5.75 Å². The Kier molecular flexibility index (Phi) is 5.70. The van der Waals surface area contributed by atoms with Gasteiger partial charge in [0, 0.05) is 18.5 Å². The molecule has 0 aliphatic heterocycles. The van der Waals surface area contributed by atoms with Crippen LogP contribution in [0.25, 0.3) is 10.8 Å². The van der Waals surface area contributed by atoms with Crippen molar-refractivity contribution in [1.82, 2.24) is 4.57 Å². The van der Waals surface area contributed by atoms with Crippen molar-refractivity contribution in [3.05, 3.63) is 39.8 Å². The van der Waals surface area contributed by atoms with Crippen molar-refractivity contribution in [1.29, 1.82) is 0 Å². The van der Waals surface area contributed by atoms with Crippen LogP contribution in [-0.4, -0.2) is 11.2 Å². The van der Waals surface area contributed by atoms with Crippen LogP contribution in [0, 0.1) is 12.3 Å². The number of aryl methyl sites for hydroxylation is 1. The van der Waals surface area contributed by atoms with Gasteiger partial charge in [0.05, 0.1) is 17.7 Å². The Morgan fingerprint density at radius 2 is 1.92 bits per heavy atom. The predicted octanol–water partition coefficient (Wildman–Crippen LogP) is 3.99. The van der Waals surface area contributed by atoms with Crippen LogP contribution in [0.4, 0.5) is 0 Å². The van der Waals surface area contributed by atoms with Crippen LogP contribution in [0.3, 0.4) is 0 Å². The molecule has 24 heavy (non-hydrogen) atoms. The van der Waals surface area contributed by atoms with Crippen molar-refractivity contribution >= 4 is 10.8 Å². The highest BCUT2D eigenvalue weighted by atomic mass is 16.5. The highest BCUT2D eigenvalue weighted by molar-refractivity contribution is 5.89. The molecule has 1 heterocycles. The normalized spacial score (nSPS) is 11.9. The molecule has 4 nitrogen and oxygen atoms in total. The van der Waals surface area contributed by atoms with Crippen LogP contribution in [0.2, 0.25) is 0 Å². The second-order valence-corrected chi connectivity index (χ2v) is 7.68. The molecule has 0 saturated heterocycles.